The third kappa shape index (κ3) is 4.11. The van der Waals surface area contributed by atoms with Crippen LogP contribution in [0.15, 0.2) is 68.7 Å². The Morgan fingerprint density at radius 3 is 2.40 bits per heavy atom. The van der Waals surface area contributed by atoms with Crippen molar-refractivity contribution in [3.8, 4) is 11.5 Å². The van der Waals surface area contributed by atoms with E-state index in [9.17, 15) is 9.59 Å². The quantitative estimate of drug-likeness (QED) is 0.548. The molecule has 0 aliphatic rings. The molecule has 0 unspecified atom stereocenters. The molecule has 3 rings (SSSR count). The van der Waals surface area contributed by atoms with Crippen molar-refractivity contribution in [3.05, 3.63) is 96.7 Å². The largest absolute Gasteiger partial charge is 0.497 e. The Hall–Kier alpha value is -3.06. The topological polar surface area (TPSA) is 62.5 Å². The summed E-state index contributed by atoms with van der Waals surface area (Å²) < 4.78 is 14.6. The number of allylic oxidation sites excluding steroid dienone is 1. The van der Waals surface area contributed by atoms with E-state index in [1.54, 1.807) is 14.2 Å². The van der Waals surface area contributed by atoms with Crippen molar-refractivity contribution in [2.24, 2.45) is 14.1 Å². The molecular formula is C23H23BrN2O4. The highest BCUT2D eigenvalue weighted by molar-refractivity contribution is 9.10. The lowest BCUT2D eigenvalue weighted by Gasteiger charge is -2.19. The third-order valence-electron chi connectivity index (χ3n) is 4.88. The highest BCUT2D eigenvalue weighted by Gasteiger charge is 2.21. The van der Waals surface area contributed by atoms with Gasteiger partial charge in [0.15, 0.2) is 0 Å². The molecule has 0 aliphatic carbocycles. The zero-order valence-electron chi connectivity index (χ0n) is 17.3. The summed E-state index contributed by atoms with van der Waals surface area (Å²) >= 11 is 3.50. The lowest BCUT2D eigenvalue weighted by atomic mass is 10.0. The Morgan fingerprint density at radius 1 is 1.07 bits per heavy atom. The number of nitrogens with zero attached hydrogens (tertiary/aromatic N) is 2. The normalized spacial score (nSPS) is 11.4. The van der Waals surface area contributed by atoms with Crippen LogP contribution in [0.3, 0.4) is 0 Å². The molecule has 0 spiro atoms. The Kier molecular flexibility index (Phi) is 6.62. The number of aromatic nitrogens is 2. The van der Waals surface area contributed by atoms with Crippen LogP contribution < -0.4 is 20.7 Å². The Morgan fingerprint density at radius 2 is 1.77 bits per heavy atom. The van der Waals surface area contributed by atoms with Gasteiger partial charge in [-0.05, 0) is 30.7 Å². The third-order valence-corrected chi connectivity index (χ3v) is 5.65. The molecule has 1 heterocycles. The molecule has 0 bridgehead atoms. The van der Waals surface area contributed by atoms with Crippen molar-refractivity contribution < 1.29 is 9.47 Å². The molecule has 6 nitrogen and oxygen atoms in total. The van der Waals surface area contributed by atoms with Crippen LogP contribution in [0, 0.1) is 0 Å². The van der Waals surface area contributed by atoms with Crippen LogP contribution in [0.4, 0.5) is 0 Å². The molecule has 1 aromatic heterocycles. The summed E-state index contributed by atoms with van der Waals surface area (Å²) in [5, 5.41) is 0. The van der Waals surface area contributed by atoms with Gasteiger partial charge in [-0.3, -0.25) is 13.9 Å². The molecule has 0 amide bonds. The van der Waals surface area contributed by atoms with E-state index in [-0.39, 0.29) is 12.4 Å². The highest BCUT2D eigenvalue weighted by atomic mass is 79.9. The zero-order valence-corrected chi connectivity index (χ0v) is 18.9. The van der Waals surface area contributed by atoms with E-state index in [2.05, 4.69) is 15.9 Å². The van der Waals surface area contributed by atoms with E-state index in [1.165, 1.54) is 11.6 Å². The average Bonchev–Trinajstić information content (AvgIpc) is 2.77. The lowest BCUT2D eigenvalue weighted by Crippen LogP contribution is -2.39. The maximum atomic E-state index is 13.0. The van der Waals surface area contributed by atoms with Crippen molar-refractivity contribution in [1.82, 2.24) is 9.13 Å². The predicted molar refractivity (Wildman–Crippen MR) is 121 cm³/mol. The van der Waals surface area contributed by atoms with E-state index >= 15 is 0 Å². The van der Waals surface area contributed by atoms with Gasteiger partial charge in [0.1, 0.15) is 18.1 Å². The van der Waals surface area contributed by atoms with Gasteiger partial charge in [0, 0.05) is 29.7 Å². The monoisotopic (exact) mass is 470 g/mol. The van der Waals surface area contributed by atoms with Crippen LogP contribution >= 0.6 is 15.9 Å². The van der Waals surface area contributed by atoms with Crippen LogP contribution in [0.25, 0.3) is 5.57 Å². The van der Waals surface area contributed by atoms with Crippen LogP contribution in [-0.4, -0.2) is 16.2 Å². The number of hydrogen-bond donors (Lipinski definition) is 0. The number of ether oxygens (including phenoxy) is 2. The van der Waals surface area contributed by atoms with E-state index in [1.807, 2.05) is 61.5 Å². The molecule has 0 saturated heterocycles. The van der Waals surface area contributed by atoms with E-state index in [0.717, 1.165) is 25.7 Å². The van der Waals surface area contributed by atoms with Gasteiger partial charge in [0.25, 0.3) is 5.56 Å². The molecule has 0 radical (unpaired) electrons. The summed E-state index contributed by atoms with van der Waals surface area (Å²) in [4.78, 5) is 25.6. The standard InChI is InChI=1S/C23H23BrN2O4/c1-5-18(15-9-7-6-8-10-15)20-21(22(27)26(3)23(28)25(20)2)30-14-16-13-17(29-4)11-12-19(16)24/h5-13H,14H2,1-4H3/b18-5+. The number of rotatable bonds is 6. The Labute approximate surface area is 183 Å². The minimum Gasteiger partial charge on any atom is -0.497 e. The Bertz CT molecular complexity index is 1210. The van der Waals surface area contributed by atoms with Crippen molar-refractivity contribution in [1.29, 1.82) is 0 Å². The van der Waals surface area contributed by atoms with E-state index in [0.29, 0.717) is 11.4 Å². The van der Waals surface area contributed by atoms with Gasteiger partial charge in [0.2, 0.25) is 5.75 Å². The fourth-order valence-electron chi connectivity index (χ4n) is 3.24. The lowest BCUT2D eigenvalue weighted by molar-refractivity contribution is 0.292. The molecule has 0 aliphatic heterocycles. The van der Waals surface area contributed by atoms with Crippen LogP contribution in [0.1, 0.15) is 23.7 Å². The minimum atomic E-state index is -0.484. The minimum absolute atomic E-state index is 0.117. The van der Waals surface area contributed by atoms with Gasteiger partial charge in [-0.2, -0.15) is 0 Å². The van der Waals surface area contributed by atoms with Crippen LogP contribution in [0.2, 0.25) is 0 Å². The average molecular weight is 471 g/mol. The molecule has 30 heavy (non-hydrogen) atoms. The second-order valence-corrected chi connectivity index (χ2v) is 7.55. The van der Waals surface area contributed by atoms with Crippen molar-refractivity contribution in [2.45, 2.75) is 13.5 Å². The molecule has 3 aromatic rings. The summed E-state index contributed by atoms with van der Waals surface area (Å²) in [7, 11) is 4.67. The molecule has 0 N–H and O–H groups in total. The number of benzene rings is 2. The number of hydrogen-bond acceptors (Lipinski definition) is 4. The smallest absolute Gasteiger partial charge is 0.331 e. The van der Waals surface area contributed by atoms with Crippen LogP contribution in [-0.2, 0) is 20.7 Å². The van der Waals surface area contributed by atoms with Crippen LogP contribution in [0.5, 0.6) is 11.5 Å². The second-order valence-electron chi connectivity index (χ2n) is 6.70. The van der Waals surface area contributed by atoms with Gasteiger partial charge < -0.3 is 9.47 Å². The molecule has 156 valence electrons. The van der Waals surface area contributed by atoms with Crippen molar-refractivity contribution >= 4 is 21.5 Å². The highest BCUT2D eigenvalue weighted by Crippen LogP contribution is 2.29. The maximum Gasteiger partial charge on any atom is 0.331 e. The number of halogens is 1. The molecular weight excluding hydrogens is 448 g/mol. The summed E-state index contributed by atoms with van der Waals surface area (Å²) in [6.07, 6.45) is 1.87. The molecule has 0 fully saturated rings. The fraction of sp³-hybridized carbons (Fsp3) is 0.217. The van der Waals surface area contributed by atoms with Gasteiger partial charge in [-0.1, -0.05) is 52.3 Å². The van der Waals surface area contributed by atoms with Gasteiger partial charge in [-0.15, -0.1) is 0 Å². The van der Waals surface area contributed by atoms with E-state index in [4.69, 9.17) is 9.47 Å². The first kappa shape index (κ1) is 21.6. The van der Waals surface area contributed by atoms with E-state index < -0.39 is 11.2 Å². The SMILES string of the molecule is C/C=C(\c1ccccc1)c1c(OCc2cc(OC)ccc2Br)c(=O)n(C)c(=O)n1C. The summed E-state index contributed by atoms with van der Waals surface area (Å²) in [6, 6.07) is 15.1. The van der Waals surface area contributed by atoms with Crippen molar-refractivity contribution in [2.75, 3.05) is 7.11 Å². The summed E-state index contributed by atoms with van der Waals surface area (Å²) in [5.41, 5.74) is 1.99. The van der Waals surface area contributed by atoms with Gasteiger partial charge in [-0.25, -0.2) is 4.79 Å². The first-order chi connectivity index (χ1) is 14.4. The molecule has 0 saturated carbocycles. The zero-order chi connectivity index (χ0) is 21.8. The second kappa shape index (κ2) is 9.17. The summed E-state index contributed by atoms with van der Waals surface area (Å²) in [6.45, 7) is 2.00. The molecule has 0 atom stereocenters. The first-order valence-corrected chi connectivity index (χ1v) is 10.2. The molecule has 7 heteroatoms. The first-order valence-electron chi connectivity index (χ1n) is 9.36. The molecule has 2 aromatic carbocycles. The van der Waals surface area contributed by atoms with Crippen molar-refractivity contribution in [3.63, 3.8) is 0 Å². The Balaban J connectivity index is 2.15. The maximum absolute atomic E-state index is 13.0. The van der Waals surface area contributed by atoms with Gasteiger partial charge >= 0.3 is 5.69 Å². The number of methoxy groups -OCH3 is 1. The predicted octanol–water partition coefficient (Wildman–Crippen LogP) is 3.89. The summed E-state index contributed by atoms with van der Waals surface area (Å²) in [5.74, 6) is 0.801. The fourth-order valence-corrected chi connectivity index (χ4v) is 3.60. The van der Waals surface area contributed by atoms with Gasteiger partial charge in [0.05, 0.1) is 7.11 Å².